The summed E-state index contributed by atoms with van der Waals surface area (Å²) in [5.41, 5.74) is 1.78. The number of rotatable bonds is 8. The summed E-state index contributed by atoms with van der Waals surface area (Å²) in [6.45, 7) is 1.46. The number of carbonyl (C=O) groups is 2. The molecule has 1 aliphatic carbocycles. The molecule has 5 aromatic rings. The first-order valence-electron chi connectivity index (χ1n) is 12.6. The van der Waals surface area contributed by atoms with Gasteiger partial charge in [-0.25, -0.2) is 5.26 Å². The number of aryl methyl sites for hydroxylation is 1. The Morgan fingerprint density at radius 1 is 0.907 bits per heavy atom. The zero-order valence-corrected chi connectivity index (χ0v) is 23.7. The molecule has 0 spiro atoms. The van der Waals surface area contributed by atoms with E-state index >= 15 is 0 Å². The van der Waals surface area contributed by atoms with Gasteiger partial charge in [-0.2, -0.15) is 8.42 Å². The van der Waals surface area contributed by atoms with Gasteiger partial charge in [-0.3, -0.25) is 18.9 Å². The lowest BCUT2D eigenvalue weighted by atomic mass is 9.80. The summed E-state index contributed by atoms with van der Waals surface area (Å²) in [4.78, 5) is 43.6. The number of pyridine rings is 1. The molecule has 0 atom stereocenters. The van der Waals surface area contributed by atoms with Crippen LogP contribution in [0.4, 0.5) is 11.4 Å². The van der Waals surface area contributed by atoms with Crippen molar-refractivity contribution in [1.29, 1.82) is 0 Å². The van der Waals surface area contributed by atoms with Crippen LogP contribution in [-0.4, -0.2) is 34.8 Å². The summed E-state index contributed by atoms with van der Waals surface area (Å²) < 4.78 is 38.0. The van der Waals surface area contributed by atoms with Gasteiger partial charge in [-0.15, -0.1) is 4.33 Å². The molecule has 1 aromatic heterocycles. The fourth-order valence-electron chi connectivity index (χ4n) is 5.29. The summed E-state index contributed by atoms with van der Waals surface area (Å²) >= 11 is 0.447. The first-order chi connectivity index (χ1) is 20.6. The zero-order chi connectivity index (χ0) is 30.5. The summed E-state index contributed by atoms with van der Waals surface area (Å²) in [5.74, 6) is -0.889. The molecule has 1 aliphatic rings. The highest BCUT2D eigenvalue weighted by Gasteiger charge is 2.33. The lowest BCUT2D eigenvalue weighted by molar-refractivity contribution is -0.432. The third-order valence-corrected chi connectivity index (χ3v) is 8.73. The SMILES string of the molecule is Cc1cc(Nc2ccc3[nH]c(=O)c(C(=O)c4ccccc4)c4c3c2C(=O)c2ccccc2-4)c(SOOO)cc1S(=O)(=O)O. The van der Waals surface area contributed by atoms with Crippen molar-refractivity contribution in [2.45, 2.75) is 16.7 Å². The van der Waals surface area contributed by atoms with Gasteiger partial charge >= 0.3 is 0 Å². The number of carbonyl (C=O) groups excluding carboxylic acids is 2. The van der Waals surface area contributed by atoms with Crippen molar-refractivity contribution >= 4 is 56.0 Å². The van der Waals surface area contributed by atoms with Gasteiger partial charge in [0.15, 0.2) is 11.6 Å². The highest BCUT2D eigenvalue weighted by Crippen LogP contribution is 2.44. The second kappa shape index (κ2) is 10.9. The quantitative estimate of drug-likeness (QED) is 0.0543. The molecule has 11 nitrogen and oxygen atoms in total. The molecule has 1 heterocycles. The highest BCUT2D eigenvalue weighted by atomic mass is 32.2. The predicted molar refractivity (Wildman–Crippen MR) is 158 cm³/mol. The molecule has 216 valence electrons. The molecular formula is C30H20N2O9S2. The number of anilines is 2. The Morgan fingerprint density at radius 3 is 2.30 bits per heavy atom. The molecule has 0 radical (unpaired) electrons. The number of aromatic amines is 1. The summed E-state index contributed by atoms with van der Waals surface area (Å²) in [6, 6.07) is 20.7. The van der Waals surface area contributed by atoms with Gasteiger partial charge in [0.2, 0.25) is 0 Å². The maximum Gasteiger partial charge on any atom is 0.294 e. The van der Waals surface area contributed by atoms with Crippen LogP contribution in [-0.2, 0) is 19.5 Å². The van der Waals surface area contributed by atoms with Gasteiger partial charge in [0.1, 0.15) is 0 Å². The minimum Gasteiger partial charge on any atom is -0.354 e. The van der Waals surface area contributed by atoms with Gasteiger partial charge < -0.3 is 10.3 Å². The summed E-state index contributed by atoms with van der Waals surface area (Å²) in [5, 5.41) is 15.8. The van der Waals surface area contributed by atoms with Crippen LogP contribution in [0.25, 0.3) is 22.0 Å². The molecule has 4 N–H and O–H groups in total. The minimum absolute atomic E-state index is 0.0740. The smallest absolute Gasteiger partial charge is 0.294 e. The molecule has 0 fully saturated rings. The molecule has 4 aromatic carbocycles. The second-order valence-corrected chi connectivity index (χ2v) is 11.8. The first-order valence-corrected chi connectivity index (χ1v) is 14.8. The molecule has 43 heavy (non-hydrogen) atoms. The van der Waals surface area contributed by atoms with Gasteiger partial charge in [-0.05, 0) is 42.3 Å². The van der Waals surface area contributed by atoms with Crippen LogP contribution < -0.4 is 10.9 Å². The maximum absolute atomic E-state index is 14.0. The monoisotopic (exact) mass is 616 g/mol. The van der Waals surface area contributed by atoms with Crippen LogP contribution in [0.2, 0.25) is 0 Å². The Balaban J connectivity index is 1.63. The third-order valence-electron chi connectivity index (χ3n) is 7.09. The zero-order valence-electron chi connectivity index (χ0n) is 22.1. The van der Waals surface area contributed by atoms with Gasteiger partial charge in [-0.1, -0.05) is 59.6 Å². The molecule has 0 saturated heterocycles. The van der Waals surface area contributed by atoms with Crippen LogP contribution in [0.1, 0.15) is 37.4 Å². The molecule has 0 amide bonds. The normalized spacial score (nSPS) is 12.3. The van der Waals surface area contributed by atoms with Gasteiger partial charge in [0, 0.05) is 27.6 Å². The van der Waals surface area contributed by atoms with Crippen LogP contribution in [0.5, 0.6) is 0 Å². The number of H-pyrrole nitrogens is 1. The standard InChI is InChI=1S/C30H20N2O9S2/c1-15-13-21(22(42-41-40-36)14-23(15)43(37,38)39)31-20-12-11-19-25-24(17-9-5-6-10-18(17)29(34)26(20)25)27(30(35)32-19)28(33)16-7-3-2-4-8-16/h2-14,31,36H,1H3,(H,32,35)(H,37,38,39). The lowest BCUT2D eigenvalue weighted by Crippen LogP contribution is -2.24. The van der Waals surface area contributed by atoms with E-state index in [0.29, 0.717) is 39.6 Å². The molecule has 0 saturated carbocycles. The number of hydrogen-bond donors (Lipinski definition) is 4. The van der Waals surface area contributed by atoms with Crippen molar-refractivity contribution in [3.63, 3.8) is 0 Å². The average molecular weight is 617 g/mol. The highest BCUT2D eigenvalue weighted by molar-refractivity contribution is 7.94. The van der Waals surface area contributed by atoms with Crippen molar-refractivity contribution in [3.05, 3.63) is 117 Å². The van der Waals surface area contributed by atoms with E-state index in [1.165, 1.54) is 13.0 Å². The van der Waals surface area contributed by atoms with E-state index in [-0.39, 0.29) is 44.3 Å². The number of ketones is 2. The van der Waals surface area contributed by atoms with Crippen LogP contribution in [0.3, 0.4) is 0 Å². The number of nitrogens with one attached hydrogen (secondary N) is 2. The molecule has 13 heteroatoms. The first kappa shape index (κ1) is 28.5. The van der Waals surface area contributed by atoms with Crippen molar-refractivity contribution in [2.75, 3.05) is 5.32 Å². The molecule has 0 bridgehead atoms. The minimum atomic E-state index is -4.61. The van der Waals surface area contributed by atoms with E-state index in [9.17, 15) is 27.4 Å². The summed E-state index contributed by atoms with van der Waals surface area (Å²) in [6.07, 6.45) is 0. The van der Waals surface area contributed by atoms with E-state index in [0.717, 1.165) is 6.07 Å². The Labute approximate surface area is 247 Å². The molecule has 0 unspecified atom stereocenters. The van der Waals surface area contributed by atoms with Crippen molar-refractivity contribution in [2.24, 2.45) is 0 Å². The fraction of sp³-hybridized carbons (Fsp3) is 0.0333. The van der Waals surface area contributed by atoms with Gasteiger partial charge in [0.25, 0.3) is 15.7 Å². The van der Waals surface area contributed by atoms with Gasteiger partial charge in [0.05, 0.1) is 44.3 Å². The van der Waals surface area contributed by atoms with Crippen LogP contribution in [0.15, 0.2) is 93.4 Å². The number of aromatic nitrogens is 1. The molecular weight excluding hydrogens is 596 g/mol. The third kappa shape index (κ3) is 4.93. The Hall–Kier alpha value is -4.63. The van der Waals surface area contributed by atoms with E-state index in [2.05, 4.69) is 19.7 Å². The number of benzene rings is 4. The van der Waals surface area contributed by atoms with Crippen molar-refractivity contribution in [3.8, 4) is 11.1 Å². The fourth-order valence-corrected chi connectivity index (χ4v) is 6.57. The van der Waals surface area contributed by atoms with E-state index in [1.54, 1.807) is 66.7 Å². The van der Waals surface area contributed by atoms with Crippen LogP contribution >= 0.6 is 12.0 Å². The van der Waals surface area contributed by atoms with Crippen LogP contribution in [0, 0.1) is 6.92 Å². The Morgan fingerprint density at radius 2 is 1.60 bits per heavy atom. The van der Waals surface area contributed by atoms with Crippen molar-refractivity contribution in [1.82, 2.24) is 4.98 Å². The van der Waals surface area contributed by atoms with Crippen molar-refractivity contribution < 1.29 is 37.2 Å². The topological polar surface area (TPSA) is 172 Å². The Bertz CT molecular complexity index is 2140. The Kier molecular flexibility index (Phi) is 7.22. The van der Waals surface area contributed by atoms with E-state index in [1.807, 2.05) is 0 Å². The lowest BCUT2D eigenvalue weighted by Gasteiger charge is -2.24. The predicted octanol–water partition coefficient (Wildman–Crippen LogP) is 5.70. The van der Waals surface area contributed by atoms with E-state index < -0.39 is 26.4 Å². The second-order valence-electron chi connectivity index (χ2n) is 9.62. The molecule has 6 rings (SSSR count). The average Bonchev–Trinajstić information content (AvgIpc) is 2.99. The molecule has 0 aliphatic heterocycles. The number of fused-ring (bicyclic) bond motifs is 2. The summed E-state index contributed by atoms with van der Waals surface area (Å²) in [7, 11) is -4.61. The largest absolute Gasteiger partial charge is 0.354 e. The maximum atomic E-state index is 14.0. The number of hydrogen-bond acceptors (Lipinski definition) is 10. The van der Waals surface area contributed by atoms with E-state index in [4.69, 9.17) is 5.26 Å².